The van der Waals surface area contributed by atoms with E-state index in [0.29, 0.717) is 35.2 Å². The molecule has 286 valence electrons. The van der Waals surface area contributed by atoms with Crippen LogP contribution in [0.1, 0.15) is 56.6 Å². The van der Waals surface area contributed by atoms with Crippen molar-refractivity contribution in [2.45, 2.75) is 50.9 Å². The summed E-state index contributed by atoms with van der Waals surface area (Å²) in [6.45, 7) is 6.47. The minimum atomic E-state index is -0.133. The summed E-state index contributed by atoms with van der Waals surface area (Å²) in [4.78, 5) is 9.76. The van der Waals surface area contributed by atoms with E-state index >= 15 is 0 Å². The summed E-state index contributed by atoms with van der Waals surface area (Å²) in [7, 11) is 11.7. The normalized spacial score (nSPS) is 20.6. The van der Waals surface area contributed by atoms with Crippen molar-refractivity contribution in [3.8, 4) is 40.2 Å². The molecule has 4 aromatic rings. The van der Waals surface area contributed by atoms with Gasteiger partial charge >= 0.3 is 0 Å². The first-order chi connectivity index (χ1) is 26.3. The van der Waals surface area contributed by atoms with Crippen molar-refractivity contribution in [1.82, 2.24) is 19.6 Å². The smallest absolute Gasteiger partial charge is 0.204 e. The van der Waals surface area contributed by atoms with Gasteiger partial charge in [-0.25, -0.2) is 0 Å². The van der Waals surface area contributed by atoms with Crippen molar-refractivity contribution in [2.75, 3.05) is 81.7 Å². The number of fused-ring (bicyclic) bond motifs is 2. The van der Waals surface area contributed by atoms with Crippen LogP contribution < -0.4 is 23.7 Å². The fraction of sp³-hybridized carbons (Fsp3) is 0.455. The van der Waals surface area contributed by atoms with Crippen LogP contribution in [-0.2, 0) is 38.8 Å². The minimum absolute atomic E-state index is 0.0525. The predicted octanol–water partition coefficient (Wildman–Crippen LogP) is 6.39. The van der Waals surface area contributed by atoms with E-state index in [1.807, 2.05) is 6.07 Å². The molecule has 9 rings (SSSR count). The second-order valence-corrected chi connectivity index (χ2v) is 15.4. The van der Waals surface area contributed by atoms with Gasteiger partial charge in [0.1, 0.15) is 11.5 Å². The third-order valence-corrected chi connectivity index (χ3v) is 12.2. The summed E-state index contributed by atoms with van der Waals surface area (Å²) in [6, 6.07) is 19.1. The number of hydrogen-bond acceptors (Lipinski definition) is 10. The molecular weight excluding hydrogens is 681 g/mol. The lowest BCUT2D eigenvalue weighted by atomic mass is 9.84. The van der Waals surface area contributed by atoms with E-state index in [2.05, 4.69) is 89.3 Å². The first-order valence-corrected chi connectivity index (χ1v) is 19.3. The zero-order valence-corrected chi connectivity index (χ0v) is 32.6. The maximum absolute atomic E-state index is 10.8. The largest absolute Gasteiger partial charge is 0.493 e. The average Bonchev–Trinajstić information content (AvgIpc) is 3.18. The number of piperazine rings is 1. The highest BCUT2D eigenvalue weighted by molar-refractivity contribution is 5.67. The molecule has 10 nitrogen and oxygen atoms in total. The molecule has 1 saturated heterocycles. The van der Waals surface area contributed by atoms with E-state index in [1.54, 1.807) is 21.3 Å². The molecule has 5 heterocycles. The number of hydrogen-bond donors (Lipinski definition) is 1. The lowest BCUT2D eigenvalue weighted by Gasteiger charge is -2.40. The third-order valence-electron chi connectivity index (χ3n) is 12.2. The van der Waals surface area contributed by atoms with Gasteiger partial charge in [0.15, 0.2) is 23.0 Å². The summed E-state index contributed by atoms with van der Waals surface area (Å²) < 4.78 is 32.2. The van der Waals surface area contributed by atoms with E-state index < -0.39 is 0 Å². The summed E-state index contributed by atoms with van der Waals surface area (Å²) >= 11 is 0. The Labute approximate surface area is 319 Å². The molecule has 4 aromatic carbocycles. The SMILES string of the molecule is COc1ccc2cc1Oc1ccc(cc1)C[C@H]1c3cc(c(CO)cc3CCN1C)Oc1c(OC)c(OC)c(CN3CCN(C)CC3)c3c1[C@H](C2)N(C)CC3. The number of ether oxygens (including phenoxy) is 5. The third kappa shape index (κ3) is 6.90. The summed E-state index contributed by atoms with van der Waals surface area (Å²) in [5.41, 5.74) is 9.09. The molecule has 0 unspecified atom stereocenters. The molecule has 1 N–H and O–H groups in total. The summed E-state index contributed by atoms with van der Waals surface area (Å²) in [5.74, 6) is 4.74. The van der Waals surface area contributed by atoms with Crippen LogP contribution >= 0.6 is 0 Å². The molecule has 0 aliphatic carbocycles. The highest BCUT2D eigenvalue weighted by Gasteiger charge is 2.37. The maximum atomic E-state index is 10.8. The maximum Gasteiger partial charge on any atom is 0.204 e. The summed E-state index contributed by atoms with van der Waals surface area (Å²) in [6.07, 6.45) is 3.27. The summed E-state index contributed by atoms with van der Waals surface area (Å²) in [5, 5.41) is 10.8. The van der Waals surface area contributed by atoms with Gasteiger partial charge in [-0.3, -0.25) is 14.7 Å². The van der Waals surface area contributed by atoms with Crippen LogP contribution in [0.5, 0.6) is 40.2 Å². The second-order valence-electron chi connectivity index (χ2n) is 15.4. The number of nitrogens with zero attached hydrogens (tertiary/aromatic N) is 4. The van der Waals surface area contributed by atoms with E-state index in [4.69, 9.17) is 23.7 Å². The van der Waals surface area contributed by atoms with Crippen molar-refractivity contribution in [2.24, 2.45) is 0 Å². The highest BCUT2D eigenvalue weighted by atomic mass is 16.5. The number of methoxy groups -OCH3 is 3. The molecule has 2 atom stereocenters. The molecule has 0 spiro atoms. The molecule has 54 heavy (non-hydrogen) atoms. The lowest BCUT2D eigenvalue weighted by molar-refractivity contribution is 0.145. The van der Waals surface area contributed by atoms with Gasteiger partial charge < -0.3 is 33.7 Å². The van der Waals surface area contributed by atoms with Gasteiger partial charge in [0.25, 0.3) is 0 Å². The van der Waals surface area contributed by atoms with E-state index in [1.165, 1.54) is 22.3 Å². The standard InChI is InChI=1S/C44H54N4O6/c1-45-17-19-48(20-18-45)26-35-33-14-16-47(3)37-22-29-9-12-38(50-4)40(23-29)53-32-10-7-28(8-11-32)21-36-34-25-39(31(27-49)24-30(34)13-15-46(36)2)54-43(41(33)37)44(52-6)42(35)51-5/h7-12,23-25,36-37,49H,13-22,26-27H2,1-6H3/t36-,37-/m0/s1. The van der Waals surface area contributed by atoms with E-state index in [9.17, 15) is 5.11 Å². The Morgan fingerprint density at radius 3 is 2.13 bits per heavy atom. The van der Waals surface area contributed by atoms with E-state index in [0.717, 1.165) is 98.8 Å². The van der Waals surface area contributed by atoms with Crippen molar-refractivity contribution < 1.29 is 28.8 Å². The van der Waals surface area contributed by atoms with Crippen molar-refractivity contribution in [3.05, 3.63) is 99.1 Å². The molecular formula is C44H54N4O6. The molecule has 10 heteroatoms. The number of benzene rings is 4. The molecule has 5 aliphatic heterocycles. The quantitative estimate of drug-likeness (QED) is 0.241. The van der Waals surface area contributed by atoms with Crippen LogP contribution in [0, 0.1) is 0 Å². The Kier molecular flexibility index (Phi) is 10.5. The molecule has 1 fully saturated rings. The topological polar surface area (TPSA) is 79.3 Å². The zero-order valence-electron chi connectivity index (χ0n) is 32.6. The van der Waals surface area contributed by atoms with Gasteiger partial charge in [-0.05, 0) is 111 Å². The van der Waals surface area contributed by atoms with Crippen molar-refractivity contribution in [3.63, 3.8) is 0 Å². The monoisotopic (exact) mass is 734 g/mol. The Hall–Kier alpha value is -4.32. The van der Waals surface area contributed by atoms with Crippen LogP contribution in [0.15, 0.2) is 54.6 Å². The lowest BCUT2D eigenvalue weighted by Crippen LogP contribution is -2.44. The Morgan fingerprint density at radius 1 is 0.704 bits per heavy atom. The molecule has 0 saturated carbocycles. The fourth-order valence-electron chi connectivity index (χ4n) is 8.96. The molecule has 0 aromatic heterocycles. The highest BCUT2D eigenvalue weighted by Crippen LogP contribution is 2.53. The van der Waals surface area contributed by atoms with E-state index in [-0.39, 0.29) is 18.7 Å². The molecule has 5 aliphatic rings. The van der Waals surface area contributed by atoms with Crippen LogP contribution in [0.3, 0.4) is 0 Å². The van der Waals surface area contributed by atoms with Crippen LogP contribution in [0.2, 0.25) is 0 Å². The van der Waals surface area contributed by atoms with Gasteiger partial charge in [-0.15, -0.1) is 0 Å². The molecule has 6 bridgehead atoms. The Balaban J connectivity index is 1.36. The zero-order chi connectivity index (χ0) is 37.5. The van der Waals surface area contributed by atoms with Gasteiger partial charge in [-0.1, -0.05) is 18.2 Å². The first kappa shape index (κ1) is 36.6. The predicted molar refractivity (Wildman–Crippen MR) is 210 cm³/mol. The molecule has 0 radical (unpaired) electrons. The number of aliphatic hydroxyl groups excluding tert-OH is 1. The Morgan fingerprint density at radius 2 is 1.41 bits per heavy atom. The average molecular weight is 735 g/mol. The van der Waals surface area contributed by atoms with Crippen LogP contribution in [-0.4, -0.2) is 106 Å². The minimum Gasteiger partial charge on any atom is -0.493 e. The van der Waals surface area contributed by atoms with Gasteiger partial charge in [0.05, 0.1) is 27.9 Å². The molecule has 0 amide bonds. The van der Waals surface area contributed by atoms with Gasteiger partial charge in [-0.2, -0.15) is 0 Å². The number of aliphatic hydroxyl groups is 1. The van der Waals surface area contributed by atoms with Crippen molar-refractivity contribution in [1.29, 1.82) is 0 Å². The number of rotatable bonds is 6. The fourth-order valence-corrected chi connectivity index (χ4v) is 8.96. The number of likely N-dealkylation sites (N-methyl/N-ethyl adjacent to an activating group) is 3. The van der Waals surface area contributed by atoms with Crippen LogP contribution in [0.25, 0.3) is 0 Å². The first-order valence-electron chi connectivity index (χ1n) is 19.3. The van der Waals surface area contributed by atoms with Gasteiger partial charge in [0.2, 0.25) is 5.75 Å². The van der Waals surface area contributed by atoms with Crippen molar-refractivity contribution >= 4 is 0 Å². The van der Waals surface area contributed by atoms with Gasteiger partial charge in [0, 0.05) is 74.6 Å². The van der Waals surface area contributed by atoms with Crippen LogP contribution in [0.4, 0.5) is 0 Å². The Bertz CT molecular complexity index is 1990. The second kappa shape index (κ2) is 15.4.